The molecule has 0 aliphatic carbocycles. The second kappa shape index (κ2) is 4.10. The van der Waals surface area contributed by atoms with Crippen LogP contribution in [-0.4, -0.2) is 21.0 Å². The van der Waals surface area contributed by atoms with E-state index in [1.54, 1.807) is 18.3 Å². The van der Waals surface area contributed by atoms with Crippen LogP contribution in [0.4, 0.5) is 0 Å². The molecule has 4 heteroatoms. The molecule has 0 bridgehead atoms. The zero-order valence-corrected chi connectivity index (χ0v) is 8.71. The molecule has 16 heavy (non-hydrogen) atoms. The monoisotopic (exact) mass is 214 g/mol. The van der Waals surface area contributed by atoms with Crippen LogP contribution in [0.15, 0.2) is 36.7 Å². The maximum atomic E-state index is 10.8. The van der Waals surface area contributed by atoms with E-state index in [-0.39, 0.29) is 5.56 Å². The second-order valence-corrected chi connectivity index (χ2v) is 3.42. The maximum Gasteiger partial charge on any atom is 0.335 e. The quantitative estimate of drug-likeness (QED) is 0.831. The Kier molecular flexibility index (Phi) is 2.64. The molecule has 0 aliphatic rings. The topological polar surface area (TPSA) is 63.1 Å². The third-order valence-corrected chi connectivity index (χ3v) is 2.20. The van der Waals surface area contributed by atoms with Crippen molar-refractivity contribution in [3.63, 3.8) is 0 Å². The standard InChI is InChI=1S/C12H10N2O2/c1-8-6-9(2-4-13-8)11-7-10(12(15)16)3-5-14-11/h2-7H,1H3,(H,15,16). The molecule has 2 heterocycles. The number of aromatic carboxylic acids is 1. The van der Waals surface area contributed by atoms with Gasteiger partial charge in [0.05, 0.1) is 11.3 Å². The number of pyridine rings is 2. The molecule has 0 saturated carbocycles. The van der Waals surface area contributed by atoms with E-state index in [2.05, 4.69) is 9.97 Å². The molecule has 0 unspecified atom stereocenters. The van der Waals surface area contributed by atoms with E-state index in [0.717, 1.165) is 11.3 Å². The minimum Gasteiger partial charge on any atom is -0.478 e. The lowest BCUT2D eigenvalue weighted by molar-refractivity contribution is 0.0697. The Bertz CT molecular complexity index is 538. The lowest BCUT2D eigenvalue weighted by atomic mass is 10.1. The zero-order chi connectivity index (χ0) is 11.5. The lowest BCUT2D eigenvalue weighted by Crippen LogP contribution is -1.97. The number of rotatable bonds is 2. The van der Waals surface area contributed by atoms with Crippen molar-refractivity contribution >= 4 is 5.97 Å². The van der Waals surface area contributed by atoms with Gasteiger partial charge in [-0.1, -0.05) is 0 Å². The van der Waals surface area contributed by atoms with Crippen molar-refractivity contribution in [1.82, 2.24) is 9.97 Å². The van der Waals surface area contributed by atoms with Crippen LogP contribution in [0.25, 0.3) is 11.3 Å². The number of aryl methyl sites for hydroxylation is 1. The van der Waals surface area contributed by atoms with Crippen LogP contribution >= 0.6 is 0 Å². The van der Waals surface area contributed by atoms with E-state index in [1.165, 1.54) is 12.3 Å². The largest absolute Gasteiger partial charge is 0.478 e. The summed E-state index contributed by atoms with van der Waals surface area (Å²) in [6, 6.07) is 6.70. The molecule has 0 spiro atoms. The molecule has 0 radical (unpaired) electrons. The van der Waals surface area contributed by atoms with Crippen LogP contribution in [0.5, 0.6) is 0 Å². The van der Waals surface area contributed by atoms with Gasteiger partial charge in [-0.25, -0.2) is 4.79 Å². The first-order valence-electron chi connectivity index (χ1n) is 4.79. The number of nitrogens with zero attached hydrogens (tertiary/aromatic N) is 2. The van der Waals surface area contributed by atoms with Crippen LogP contribution in [0.1, 0.15) is 16.1 Å². The van der Waals surface area contributed by atoms with Crippen molar-refractivity contribution in [1.29, 1.82) is 0 Å². The minimum absolute atomic E-state index is 0.236. The molecule has 4 nitrogen and oxygen atoms in total. The molecule has 2 aromatic heterocycles. The first kappa shape index (κ1) is 10.3. The van der Waals surface area contributed by atoms with Gasteiger partial charge in [0.25, 0.3) is 0 Å². The Morgan fingerprint density at radius 2 is 1.94 bits per heavy atom. The van der Waals surface area contributed by atoms with Crippen molar-refractivity contribution in [3.05, 3.63) is 47.9 Å². The summed E-state index contributed by atoms with van der Waals surface area (Å²) in [6.07, 6.45) is 3.17. The van der Waals surface area contributed by atoms with Crippen molar-refractivity contribution in [2.45, 2.75) is 6.92 Å². The zero-order valence-electron chi connectivity index (χ0n) is 8.71. The highest BCUT2D eigenvalue weighted by atomic mass is 16.4. The van der Waals surface area contributed by atoms with Gasteiger partial charge >= 0.3 is 5.97 Å². The van der Waals surface area contributed by atoms with Crippen molar-refractivity contribution < 1.29 is 9.90 Å². The van der Waals surface area contributed by atoms with Gasteiger partial charge in [-0.2, -0.15) is 0 Å². The fraction of sp³-hybridized carbons (Fsp3) is 0.0833. The van der Waals surface area contributed by atoms with Gasteiger partial charge in [0, 0.05) is 23.7 Å². The smallest absolute Gasteiger partial charge is 0.335 e. The highest BCUT2D eigenvalue weighted by Crippen LogP contribution is 2.17. The van der Waals surface area contributed by atoms with E-state index in [1.807, 2.05) is 13.0 Å². The normalized spacial score (nSPS) is 10.1. The number of hydrogen-bond donors (Lipinski definition) is 1. The van der Waals surface area contributed by atoms with Crippen LogP contribution in [-0.2, 0) is 0 Å². The van der Waals surface area contributed by atoms with Gasteiger partial charge < -0.3 is 5.11 Å². The molecular weight excluding hydrogens is 204 g/mol. The van der Waals surface area contributed by atoms with Gasteiger partial charge in [0.2, 0.25) is 0 Å². The first-order valence-corrected chi connectivity index (χ1v) is 4.79. The summed E-state index contributed by atoms with van der Waals surface area (Å²) in [7, 11) is 0. The molecule has 2 aromatic rings. The Hall–Kier alpha value is -2.23. The van der Waals surface area contributed by atoms with Crippen LogP contribution < -0.4 is 0 Å². The van der Waals surface area contributed by atoms with Gasteiger partial charge in [0.15, 0.2) is 0 Å². The van der Waals surface area contributed by atoms with E-state index in [4.69, 9.17) is 5.11 Å². The molecular formula is C12H10N2O2. The van der Waals surface area contributed by atoms with Crippen molar-refractivity contribution in [2.75, 3.05) is 0 Å². The number of carboxylic acids is 1. The molecule has 0 aliphatic heterocycles. The lowest BCUT2D eigenvalue weighted by Gasteiger charge is -2.02. The summed E-state index contributed by atoms with van der Waals surface area (Å²) in [5.74, 6) is -0.950. The van der Waals surface area contributed by atoms with E-state index in [9.17, 15) is 4.79 Å². The van der Waals surface area contributed by atoms with Crippen LogP contribution in [0, 0.1) is 6.92 Å². The number of carboxylic acid groups (broad SMARTS) is 1. The highest BCUT2D eigenvalue weighted by Gasteiger charge is 2.05. The SMILES string of the molecule is Cc1cc(-c2cc(C(=O)O)ccn2)ccn1. The highest BCUT2D eigenvalue weighted by molar-refractivity contribution is 5.88. The summed E-state index contributed by atoms with van der Waals surface area (Å²) in [4.78, 5) is 19.0. The molecule has 0 saturated heterocycles. The van der Waals surface area contributed by atoms with Crippen molar-refractivity contribution in [3.8, 4) is 11.3 Å². The van der Waals surface area contributed by atoms with Crippen LogP contribution in [0.2, 0.25) is 0 Å². The van der Waals surface area contributed by atoms with Crippen LogP contribution in [0.3, 0.4) is 0 Å². The third kappa shape index (κ3) is 2.06. The molecule has 0 atom stereocenters. The maximum absolute atomic E-state index is 10.8. The summed E-state index contributed by atoms with van der Waals surface area (Å²) in [6.45, 7) is 1.88. The Balaban J connectivity index is 2.48. The molecule has 1 N–H and O–H groups in total. The number of hydrogen-bond acceptors (Lipinski definition) is 3. The van der Waals surface area contributed by atoms with E-state index in [0.29, 0.717) is 5.69 Å². The molecule has 80 valence electrons. The average molecular weight is 214 g/mol. The summed E-state index contributed by atoms with van der Waals surface area (Å²) < 4.78 is 0. The molecule has 0 aromatic carbocycles. The summed E-state index contributed by atoms with van der Waals surface area (Å²) >= 11 is 0. The predicted octanol–water partition coefficient (Wildman–Crippen LogP) is 2.15. The number of carbonyl (C=O) groups is 1. The third-order valence-electron chi connectivity index (χ3n) is 2.20. The summed E-state index contributed by atoms with van der Waals surface area (Å²) in [5, 5.41) is 8.87. The van der Waals surface area contributed by atoms with E-state index >= 15 is 0 Å². The Morgan fingerprint density at radius 1 is 1.19 bits per heavy atom. The van der Waals surface area contributed by atoms with Gasteiger partial charge in [0.1, 0.15) is 0 Å². The summed E-state index contributed by atoms with van der Waals surface area (Å²) in [5.41, 5.74) is 2.63. The Morgan fingerprint density at radius 3 is 2.62 bits per heavy atom. The second-order valence-electron chi connectivity index (χ2n) is 3.42. The Labute approximate surface area is 92.6 Å². The van der Waals surface area contributed by atoms with E-state index < -0.39 is 5.97 Å². The molecule has 0 fully saturated rings. The first-order chi connectivity index (χ1) is 7.66. The van der Waals surface area contributed by atoms with Crippen molar-refractivity contribution in [2.24, 2.45) is 0 Å². The fourth-order valence-electron chi connectivity index (χ4n) is 1.43. The van der Waals surface area contributed by atoms with Gasteiger partial charge in [-0.05, 0) is 31.2 Å². The minimum atomic E-state index is -0.950. The predicted molar refractivity (Wildman–Crippen MR) is 59.2 cm³/mol. The van der Waals surface area contributed by atoms with Gasteiger partial charge in [-0.3, -0.25) is 9.97 Å². The molecule has 2 rings (SSSR count). The average Bonchev–Trinajstić information content (AvgIpc) is 2.29. The fourth-order valence-corrected chi connectivity index (χ4v) is 1.43. The number of aromatic nitrogens is 2. The molecule has 0 amide bonds. The van der Waals surface area contributed by atoms with Gasteiger partial charge in [-0.15, -0.1) is 0 Å².